The maximum Gasteiger partial charge on any atom is 0.311 e. The third-order valence-corrected chi connectivity index (χ3v) is 3.91. The van der Waals surface area contributed by atoms with Crippen molar-refractivity contribution in [3.05, 3.63) is 35.9 Å². The largest absolute Gasteiger partial charge is 0.460 e. The van der Waals surface area contributed by atoms with Crippen molar-refractivity contribution in [2.75, 3.05) is 0 Å². The molecule has 0 aromatic heterocycles. The second-order valence-corrected chi connectivity index (χ2v) is 6.74. The van der Waals surface area contributed by atoms with Crippen molar-refractivity contribution in [1.29, 1.82) is 0 Å². The van der Waals surface area contributed by atoms with Crippen molar-refractivity contribution in [1.82, 2.24) is 0 Å². The molecule has 1 saturated carbocycles. The topological polar surface area (TPSA) is 52.3 Å². The molecule has 0 bridgehead atoms. The molecule has 1 fully saturated rings. The summed E-state index contributed by atoms with van der Waals surface area (Å²) >= 11 is 0. The van der Waals surface area contributed by atoms with E-state index >= 15 is 0 Å². The Kier molecular flexibility index (Phi) is 4.48. The molecule has 0 unspecified atom stereocenters. The van der Waals surface area contributed by atoms with Crippen LogP contribution in [0, 0.1) is 11.8 Å². The molecule has 110 valence electrons. The van der Waals surface area contributed by atoms with Crippen molar-refractivity contribution in [3.63, 3.8) is 0 Å². The molecule has 2 N–H and O–H groups in total. The molecule has 0 spiro atoms. The molecule has 0 radical (unpaired) electrons. The average Bonchev–Trinajstić information content (AvgIpc) is 2.70. The molecule has 1 aliphatic rings. The average molecular weight is 275 g/mol. The maximum atomic E-state index is 12.2. The third kappa shape index (κ3) is 3.83. The van der Waals surface area contributed by atoms with Gasteiger partial charge in [-0.3, -0.25) is 4.79 Å². The van der Waals surface area contributed by atoms with E-state index in [1.165, 1.54) is 5.56 Å². The van der Waals surface area contributed by atoms with Gasteiger partial charge in [-0.2, -0.15) is 0 Å². The highest BCUT2D eigenvalue weighted by Gasteiger charge is 2.39. The number of esters is 1. The molecule has 3 atom stereocenters. The lowest BCUT2D eigenvalue weighted by molar-refractivity contribution is -0.160. The number of rotatable bonds is 3. The van der Waals surface area contributed by atoms with E-state index in [9.17, 15) is 4.79 Å². The van der Waals surface area contributed by atoms with Gasteiger partial charge in [-0.25, -0.2) is 0 Å². The molecule has 1 aromatic rings. The van der Waals surface area contributed by atoms with E-state index in [1.807, 2.05) is 39.0 Å². The standard InChI is InChI=1S/C17H25NO2/c1-17(2,3)20-16(19)14-10-9-13(15(14)18)11-12-7-5-4-6-8-12/h4-8,13-15H,9-11,18H2,1-3H3/t13-,14+,15-/m1/s1. The van der Waals surface area contributed by atoms with Crippen LogP contribution >= 0.6 is 0 Å². The fourth-order valence-corrected chi connectivity index (χ4v) is 2.91. The summed E-state index contributed by atoms with van der Waals surface area (Å²) in [5.41, 5.74) is 7.14. The van der Waals surface area contributed by atoms with Crippen LogP contribution in [-0.2, 0) is 16.0 Å². The molecule has 1 aliphatic carbocycles. The second kappa shape index (κ2) is 5.96. The number of hydrogen-bond donors (Lipinski definition) is 1. The van der Waals surface area contributed by atoms with Crippen LogP contribution in [0.3, 0.4) is 0 Å². The molecular weight excluding hydrogens is 250 g/mol. The Morgan fingerprint density at radius 1 is 1.25 bits per heavy atom. The Morgan fingerprint density at radius 3 is 2.50 bits per heavy atom. The van der Waals surface area contributed by atoms with Gasteiger partial charge in [0.2, 0.25) is 0 Å². The van der Waals surface area contributed by atoms with E-state index in [0.717, 1.165) is 19.3 Å². The molecular formula is C17H25NO2. The van der Waals surface area contributed by atoms with Gasteiger partial charge in [-0.15, -0.1) is 0 Å². The minimum Gasteiger partial charge on any atom is -0.460 e. The Bertz CT molecular complexity index is 450. The Balaban J connectivity index is 1.95. The van der Waals surface area contributed by atoms with Crippen molar-refractivity contribution in [2.24, 2.45) is 17.6 Å². The first-order valence-corrected chi connectivity index (χ1v) is 7.39. The number of benzene rings is 1. The van der Waals surface area contributed by atoms with E-state index in [0.29, 0.717) is 5.92 Å². The van der Waals surface area contributed by atoms with Crippen LogP contribution in [0.1, 0.15) is 39.2 Å². The summed E-state index contributed by atoms with van der Waals surface area (Å²) < 4.78 is 5.47. The number of hydrogen-bond acceptors (Lipinski definition) is 3. The molecule has 0 saturated heterocycles. The van der Waals surface area contributed by atoms with Crippen LogP contribution in [-0.4, -0.2) is 17.6 Å². The van der Waals surface area contributed by atoms with Crippen LogP contribution in [0.2, 0.25) is 0 Å². The first kappa shape index (κ1) is 15.0. The minimum absolute atomic E-state index is 0.0925. The van der Waals surface area contributed by atoms with Crippen LogP contribution in [0.15, 0.2) is 30.3 Å². The summed E-state index contributed by atoms with van der Waals surface area (Å²) in [4.78, 5) is 12.2. The van der Waals surface area contributed by atoms with Gasteiger partial charge in [-0.1, -0.05) is 30.3 Å². The molecule has 0 amide bonds. The number of nitrogens with two attached hydrogens (primary N) is 1. The summed E-state index contributed by atoms with van der Waals surface area (Å²) in [6.45, 7) is 5.69. The molecule has 0 aliphatic heterocycles. The monoisotopic (exact) mass is 275 g/mol. The van der Waals surface area contributed by atoms with Gasteiger partial charge < -0.3 is 10.5 Å². The van der Waals surface area contributed by atoms with Crippen LogP contribution in [0.4, 0.5) is 0 Å². The fraction of sp³-hybridized carbons (Fsp3) is 0.588. The van der Waals surface area contributed by atoms with Crippen molar-refractivity contribution in [3.8, 4) is 0 Å². The summed E-state index contributed by atoms with van der Waals surface area (Å²) in [7, 11) is 0. The quantitative estimate of drug-likeness (QED) is 0.863. The van der Waals surface area contributed by atoms with Gasteiger partial charge in [0, 0.05) is 6.04 Å². The number of carbonyl (C=O) groups is 1. The number of ether oxygens (including phenoxy) is 1. The minimum atomic E-state index is -0.436. The molecule has 2 rings (SSSR count). The first-order chi connectivity index (χ1) is 9.37. The molecule has 20 heavy (non-hydrogen) atoms. The zero-order valence-corrected chi connectivity index (χ0v) is 12.6. The van der Waals surface area contributed by atoms with Gasteiger partial charge in [0.15, 0.2) is 0 Å². The SMILES string of the molecule is CC(C)(C)OC(=O)[C@H]1CC[C@H](Cc2ccccc2)[C@H]1N. The summed E-state index contributed by atoms with van der Waals surface area (Å²) in [5, 5.41) is 0. The highest BCUT2D eigenvalue weighted by molar-refractivity contribution is 5.74. The highest BCUT2D eigenvalue weighted by Crippen LogP contribution is 2.34. The van der Waals surface area contributed by atoms with E-state index in [-0.39, 0.29) is 17.9 Å². The van der Waals surface area contributed by atoms with Crippen molar-refractivity contribution < 1.29 is 9.53 Å². The van der Waals surface area contributed by atoms with E-state index in [1.54, 1.807) is 0 Å². The van der Waals surface area contributed by atoms with Gasteiger partial charge in [0.05, 0.1) is 5.92 Å². The predicted octanol–water partition coefficient (Wildman–Crippen LogP) is 2.92. The van der Waals surface area contributed by atoms with Gasteiger partial charge in [0.1, 0.15) is 5.60 Å². The van der Waals surface area contributed by atoms with Crippen molar-refractivity contribution in [2.45, 2.75) is 51.7 Å². The summed E-state index contributed by atoms with van der Waals surface area (Å²) in [6.07, 6.45) is 2.79. The van der Waals surface area contributed by atoms with Gasteiger partial charge in [0.25, 0.3) is 0 Å². The van der Waals surface area contributed by atoms with Crippen molar-refractivity contribution >= 4 is 5.97 Å². The zero-order chi connectivity index (χ0) is 14.8. The number of carbonyl (C=O) groups excluding carboxylic acids is 1. The van der Waals surface area contributed by atoms with E-state index in [4.69, 9.17) is 10.5 Å². The summed E-state index contributed by atoms with van der Waals surface area (Å²) in [6, 6.07) is 10.2. The van der Waals surface area contributed by atoms with Crippen LogP contribution in [0.5, 0.6) is 0 Å². The first-order valence-electron chi connectivity index (χ1n) is 7.39. The second-order valence-electron chi connectivity index (χ2n) is 6.74. The summed E-state index contributed by atoms with van der Waals surface area (Å²) in [5.74, 6) is 0.0819. The Morgan fingerprint density at radius 2 is 1.90 bits per heavy atom. The third-order valence-electron chi connectivity index (χ3n) is 3.91. The van der Waals surface area contributed by atoms with E-state index < -0.39 is 5.60 Å². The Hall–Kier alpha value is -1.35. The van der Waals surface area contributed by atoms with Gasteiger partial charge >= 0.3 is 5.97 Å². The molecule has 1 aromatic carbocycles. The van der Waals surface area contributed by atoms with Crippen LogP contribution < -0.4 is 5.73 Å². The highest BCUT2D eigenvalue weighted by atomic mass is 16.6. The Labute approximate surface area is 121 Å². The lowest BCUT2D eigenvalue weighted by Crippen LogP contribution is -2.39. The maximum absolute atomic E-state index is 12.2. The zero-order valence-electron chi connectivity index (χ0n) is 12.6. The lowest BCUT2D eigenvalue weighted by atomic mass is 9.92. The van der Waals surface area contributed by atoms with E-state index in [2.05, 4.69) is 12.1 Å². The fourth-order valence-electron chi connectivity index (χ4n) is 2.91. The molecule has 3 nitrogen and oxygen atoms in total. The molecule has 3 heteroatoms. The van der Waals surface area contributed by atoms with Gasteiger partial charge in [-0.05, 0) is 51.5 Å². The lowest BCUT2D eigenvalue weighted by Gasteiger charge is -2.25. The normalized spacial score (nSPS) is 26.5. The van der Waals surface area contributed by atoms with Crippen LogP contribution in [0.25, 0.3) is 0 Å². The smallest absolute Gasteiger partial charge is 0.311 e. The predicted molar refractivity (Wildman–Crippen MR) is 80.2 cm³/mol. The molecule has 0 heterocycles.